The summed E-state index contributed by atoms with van der Waals surface area (Å²) in [6, 6.07) is 14.2. The lowest BCUT2D eigenvalue weighted by atomic mass is 9.95. The highest BCUT2D eigenvalue weighted by Crippen LogP contribution is 2.26. The number of rotatable bonds is 8. The maximum absolute atomic E-state index is 12.5. The molecule has 0 spiro atoms. The third kappa shape index (κ3) is 5.16. The van der Waals surface area contributed by atoms with Crippen molar-refractivity contribution in [3.63, 3.8) is 0 Å². The molecule has 30 heavy (non-hydrogen) atoms. The van der Waals surface area contributed by atoms with Crippen LogP contribution in [0.5, 0.6) is 0 Å². The van der Waals surface area contributed by atoms with Crippen molar-refractivity contribution in [3.8, 4) is 11.6 Å². The van der Waals surface area contributed by atoms with Gasteiger partial charge in [-0.2, -0.15) is 4.98 Å². The monoisotopic (exact) mass is 408 g/mol. The van der Waals surface area contributed by atoms with Crippen molar-refractivity contribution in [2.75, 3.05) is 19.6 Å². The molecule has 1 saturated heterocycles. The fourth-order valence-corrected chi connectivity index (χ4v) is 3.85. The number of hydrogen-bond acceptors (Lipinski definition) is 6. The first-order valence-corrected chi connectivity index (χ1v) is 10.6. The molecule has 0 aliphatic carbocycles. The minimum absolute atomic E-state index is 0.0148. The molecule has 3 heterocycles. The number of nitrogens with one attached hydrogen (secondary N) is 1. The van der Waals surface area contributed by atoms with Crippen LogP contribution in [-0.2, 0) is 11.2 Å². The summed E-state index contributed by atoms with van der Waals surface area (Å²) in [7, 11) is 0. The quantitative estimate of drug-likeness (QED) is 0.609. The Balaban J connectivity index is 1.31. The summed E-state index contributed by atoms with van der Waals surface area (Å²) < 4.78 is 10.5. The molecule has 7 heteroatoms. The van der Waals surface area contributed by atoms with Crippen LogP contribution >= 0.6 is 0 Å². The number of aryl methyl sites for hydroxylation is 1. The fourth-order valence-electron chi connectivity index (χ4n) is 3.85. The molecule has 1 amide bonds. The Bertz CT molecular complexity index is 915. The largest absolute Gasteiger partial charge is 0.461 e. The van der Waals surface area contributed by atoms with Crippen LogP contribution in [0.1, 0.15) is 43.7 Å². The Morgan fingerprint density at radius 2 is 2.00 bits per heavy atom. The van der Waals surface area contributed by atoms with E-state index in [0.717, 1.165) is 19.0 Å². The topological polar surface area (TPSA) is 84.4 Å². The number of benzene rings is 1. The number of nitrogens with zero attached hydrogens (tertiary/aromatic N) is 3. The zero-order chi connectivity index (χ0) is 20.8. The highest BCUT2D eigenvalue weighted by Gasteiger charge is 2.25. The van der Waals surface area contributed by atoms with Crippen molar-refractivity contribution in [1.29, 1.82) is 0 Å². The van der Waals surface area contributed by atoms with Crippen LogP contribution in [0.2, 0.25) is 0 Å². The van der Waals surface area contributed by atoms with Crippen LogP contribution in [0.3, 0.4) is 0 Å². The minimum Gasteiger partial charge on any atom is -0.461 e. The van der Waals surface area contributed by atoms with Crippen LogP contribution in [0.4, 0.5) is 0 Å². The van der Waals surface area contributed by atoms with Crippen molar-refractivity contribution in [2.45, 2.75) is 38.6 Å². The predicted octanol–water partition coefficient (Wildman–Crippen LogP) is 3.85. The molecular formula is C23H28N4O3. The van der Waals surface area contributed by atoms with Crippen LogP contribution in [-0.4, -0.2) is 40.6 Å². The highest BCUT2D eigenvalue weighted by atomic mass is 16.5. The van der Waals surface area contributed by atoms with E-state index in [2.05, 4.69) is 51.5 Å². The first-order chi connectivity index (χ1) is 14.7. The Morgan fingerprint density at radius 1 is 1.20 bits per heavy atom. The SMILES string of the molecule is CC1CCN(C(CNC(=O)CCc2nc(-c3ccco3)no2)c2ccccc2)CC1. The van der Waals surface area contributed by atoms with E-state index in [4.69, 9.17) is 8.94 Å². The van der Waals surface area contributed by atoms with Gasteiger partial charge in [-0.25, -0.2) is 0 Å². The molecule has 4 rings (SSSR count). The van der Waals surface area contributed by atoms with Gasteiger partial charge in [0.25, 0.3) is 0 Å². The van der Waals surface area contributed by atoms with Crippen molar-refractivity contribution < 1.29 is 13.7 Å². The van der Waals surface area contributed by atoms with Crippen LogP contribution in [0.25, 0.3) is 11.6 Å². The van der Waals surface area contributed by atoms with Gasteiger partial charge in [0.05, 0.1) is 12.3 Å². The summed E-state index contributed by atoms with van der Waals surface area (Å²) in [5, 5.41) is 7.00. The summed E-state index contributed by atoms with van der Waals surface area (Å²) >= 11 is 0. The van der Waals surface area contributed by atoms with Gasteiger partial charge in [-0.1, -0.05) is 42.4 Å². The number of aromatic nitrogens is 2. The number of hydrogen-bond donors (Lipinski definition) is 1. The normalized spacial score (nSPS) is 16.4. The predicted molar refractivity (Wildman–Crippen MR) is 112 cm³/mol. The van der Waals surface area contributed by atoms with Gasteiger partial charge in [0, 0.05) is 19.4 Å². The second-order valence-corrected chi connectivity index (χ2v) is 7.94. The molecular weight excluding hydrogens is 380 g/mol. The molecule has 0 saturated carbocycles. The minimum atomic E-state index is -0.0148. The standard InChI is InChI=1S/C23H28N4O3/c1-17-11-13-27(14-12-17)19(18-6-3-2-4-7-18)16-24-21(28)9-10-22-25-23(26-30-22)20-8-5-15-29-20/h2-8,15,17,19H,9-14,16H2,1H3,(H,24,28). The lowest BCUT2D eigenvalue weighted by Gasteiger charge is -2.37. The maximum atomic E-state index is 12.5. The zero-order valence-corrected chi connectivity index (χ0v) is 17.3. The molecule has 1 aliphatic rings. The first kappa shape index (κ1) is 20.3. The summed E-state index contributed by atoms with van der Waals surface area (Å²) in [4.78, 5) is 19.3. The average molecular weight is 409 g/mol. The molecule has 7 nitrogen and oxygen atoms in total. The zero-order valence-electron chi connectivity index (χ0n) is 17.3. The molecule has 1 aromatic carbocycles. The molecule has 1 aliphatic heterocycles. The van der Waals surface area contributed by atoms with E-state index in [0.29, 0.717) is 36.9 Å². The van der Waals surface area contributed by atoms with Gasteiger partial charge in [0.2, 0.25) is 17.6 Å². The van der Waals surface area contributed by atoms with E-state index < -0.39 is 0 Å². The van der Waals surface area contributed by atoms with E-state index in [1.807, 2.05) is 6.07 Å². The van der Waals surface area contributed by atoms with Gasteiger partial charge < -0.3 is 14.3 Å². The molecule has 158 valence electrons. The Labute approximate surface area is 176 Å². The number of amides is 1. The number of carbonyl (C=O) groups is 1. The van der Waals surface area contributed by atoms with Gasteiger partial charge >= 0.3 is 0 Å². The summed E-state index contributed by atoms with van der Waals surface area (Å²) in [5.74, 6) is 2.14. The number of carbonyl (C=O) groups excluding carboxylic acids is 1. The third-order valence-corrected chi connectivity index (χ3v) is 5.71. The number of likely N-dealkylation sites (tertiary alicyclic amines) is 1. The van der Waals surface area contributed by atoms with Gasteiger partial charge in [-0.3, -0.25) is 9.69 Å². The molecule has 3 aromatic rings. The Kier molecular flexibility index (Phi) is 6.59. The molecule has 1 fully saturated rings. The van der Waals surface area contributed by atoms with Gasteiger partial charge in [-0.05, 0) is 49.5 Å². The van der Waals surface area contributed by atoms with Crippen LogP contribution < -0.4 is 5.32 Å². The Morgan fingerprint density at radius 3 is 2.73 bits per heavy atom. The van der Waals surface area contributed by atoms with E-state index in [-0.39, 0.29) is 11.9 Å². The third-order valence-electron chi connectivity index (χ3n) is 5.71. The van der Waals surface area contributed by atoms with E-state index in [1.165, 1.54) is 18.4 Å². The first-order valence-electron chi connectivity index (χ1n) is 10.6. The van der Waals surface area contributed by atoms with Crippen molar-refractivity contribution in [1.82, 2.24) is 20.4 Å². The molecule has 0 radical (unpaired) electrons. The van der Waals surface area contributed by atoms with Gasteiger partial charge in [0.15, 0.2) is 5.76 Å². The smallest absolute Gasteiger partial charge is 0.238 e. The Hall–Kier alpha value is -2.93. The number of piperidine rings is 1. The van der Waals surface area contributed by atoms with Crippen molar-refractivity contribution in [3.05, 3.63) is 60.2 Å². The second kappa shape index (κ2) is 9.71. The summed E-state index contributed by atoms with van der Waals surface area (Å²) in [6.07, 6.45) is 4.67. The lowest BCUT2D eigenvalue weighted by molar-refractivity contribution is -0.121. The summed E-state index contributed by atoms with van der Waals surface area (Å²) in [6.45, 7) is 5.03. The van der Waals surface area contributed by atoms with E-state index >= 15 is 0 Å². The molecule has 2 aromatic heterocycles. The second-order valence-electron chi connectivity index (χ2n) is 7.94. The molecule has 1 atom stereocenters. The van der Waals surface area contributed by atoms with Gasteiger partial charge in [-0.15, -0.1) is 0 Å². The van der Waals surface area contributed by atoms with Crippen LogP contribution in [0.15, 0.2) is 57.7 Å². The fraction of sp³-hybridized carbons (Fsp3) is 0.435. The highest BCUT2D eigenvalue weighted by molar-refractivity contribution is 5.76. The van der Waals surface area contributed by atoms with Crippen molar-refractivity contribution >= 4 is 5.91 Å². The van der Waals surface area contributed by atoms with E-state index in [9.17, 15) is 4.79 Å². The lowest BCUT2D eigenvalue weighted by Crippen LogP contribution is -2.42. The molecule has 1 N–H and O–H groups in total. The maximum Gasteiger partial charge on any atom is 0.238 e. The van der Waals surface area contributed by atoms with Crippen LogP contribution in [0, 0.1) is 5.92 Å². The van der Waals surface area contributed by atoms with E-state index in [1.54, 1.807) is 18.4 Å². The van der Waals surface area contributed by atoms with Crippen molar-refractivity contribution in [2.24, 2.45) is 5.92 Å². The molecule has 0 bridgehead atoms. The summed E-state index contributed by atoms with van der Waals surface area (Å²) in [5.41, 5.74) is 1.24. The van der Waals surface area contributed by atoms with Gasteiger partial charge in [0.1, 0.15) is 0 Å². The average Bonchev–Trinajstić information content (AvgIpc) is 3.46. The number of furan rings is 1. The molecule has 1 unspecified atom stereocenters.